The van der Waals surface area contributed by atoms with Crippen LogP contribution < -0.4 is 0 Å². The molecule has 1 heterocycles. The highest BCUT2D eigenvalue weighted by molar-refractivity contribution is 7.91. The average molecular weight is 379 g/mol. The normalized spacial score (nSPS) is 21.9. The summed E-state index contributed by atoms with van der Waals surface area (Å²) in [6, 6.07) is 6.91. The van der Waals surface area contributed by atoms with Crippen molar-refractivity contribution in [2.45, 2.75) is 64.5 Å². The van der Waals surface area contributed by atoms with Crippen LogP contribution in [0.15, 0.2) is 23.6 Å². The van der Waals surface area contributed by atoms with E-state index in [1.54, 1.807) is 13.8 Å². The van der Waals surface area contributed by atoms with Gasteiger partial charge in [0, 0.05) is 4.70 Å². The van der Waals surface area contributed by atoms with E-state index in [0.29, 0.717) is 11.7 Å². The molecule has 2 nitrogen and oxygen atoms in total. The van der Waals surface area contributed by atoms with Crippen molar-refractivity contribution < 1.29 is 8.42 Å². The van der Waals surface area contributed by atoms with Crippen LogP contribution >= 0.6 is 11.3 Å². The summed E-state index contributed by atoms with van der Waals surface area (Å²) in [6.45, 7) is 5.81. The maximum absolute atomic E-state index is 12.1. The Morgan fingerprint density at radius 2 is 1.80 bits per heavy atom. The molecule has 25 heavy (non-hydrogen) atoms. The summed E-state index contributed by atoms with van der Waals surface area (Å²) in [7, 11) is -2.89. The van der Waals surface area contributed by atoms with Crippen LogP contribution in [0.5, 0.6) is 0 Å². The molecule has 0 aliphatic heterocycles. The highest BCUT2D eigenvalue weighted by atomic mass is 32.2. The molecule has 3 rings (SSSR count). The molecule has 0 unspecified atom stereocenters. The molecule has 0 amide bonds. The van der Waals surface area contributed by atoms with Gasteiger partial charge < -0.3 is 0 Å². The third kappa shape index (κ3) is 4.65. The maximum atomic E-state index is 12.1. The molecule has 0 radical (unpaired) electrons. The van der Waals surface area contributed by atoms with Gasteiger partial charge in [-0.2, -0.15) is 0 Å². The summed E-state index contributed by atoms with van der Waals surface area (Å²) in [4.78, 5) is 0. The molecular weight excluding hydrogens is 348 g/mol. The van der Waals surface area contributed by atoms with Crippen LogP contribution in [0.2, 0.25) is 0 Å². The Labute approximate surface area is 156 Å². The summed E-state index contributed by atoms with van der Waals surface area (Å²) in [5, 5.41) is 3.32. The van der Waals surface area contributed by atoms with Crippen molar-refractivity contribution >= 4 is 31.3 Å². The monoisotopic (exact) mass is 378 g/mol. The zero-order chi connectivity index (χ0) is 18.0. The first-order chi connectivity index (χ1) is 11.8. The second-order valence-corrected chi connectivity index (χ2v) is 11.6. The van der Waals surface area contributed by atoms with Crippen molar-refractivity contribution in [1.82, 2.24) is 0 Å². The van der Waals surface area contributed by atoms with Crippen LogP contribution in [0.4, 0.5) is 0 Å². The lowest BCUT2D eigenvalue weighted by Crippen LogP contribution is -2.26. The minimum atomic E-state index is -2.89. The highest BCUT2D eigenvalue weighted by Crippen LogP contribution is 2.33. The topological polar surface area (TPSA) is 34.1 Å². The van der Waals surface area contributed by atoms with E-state index in [-0.39, 0.29) is 5.25 Å². The molecule has 1 saturated carbocycles. The summed E-state index contributed by atoms with van der Waals surface area (Å²) in [5.41, 5.74) is 2.85. The number of benzene rings is 1. The number of thiophene rings is 1. The zero-order valence-electron chi connectivity index (χ0n) is 15.6. The van der Waals surface area contributed by atoms with Gasteiger partial charge in [0.2, 0.25) is 0 Å². The zero-order valence-corrected chi connectivity index (χ0v) is 17.3. The van der Waals surface area contributed by atoms with E-state index in [1.807, 2.05) is 11.3 Å². The van der Waals surface area contributed by atoms with E-state index in [1.165, 1.54) is 40.5 Å². The van der Waals surface area contributed by atoms with Gasteiger partial charge in [-0.3, -0.25) is 0 Å². The molecule has 0 spiro atoms. The molecule has 0 atom stereocenters. The Hall–Kier alpha value is -0.870. The average Bonchev–Trinajstić information content (AvgIpc) is 3.03. The molecule has 1 aromatic carbocycles. The maximum Gasteiger partial charge on any atom is 0.152 e. The Morgan fingerprint density at radius 1 is 1.12 bits per heavy atom. The lowest BCUT2D eigenvalue weighted by atomic mass is 9.80. The van der Waals surface area contributed by atoms with Crippen molar-refractivity contribution in [1.29, 1.82) is 0 Å². The van der Waals surface area contributed by atoms with Crippen LogP contribution in [0.25, 0.3) is 10.1 Å². The van der Waals surface area contributed by atoms with E-state index in [0.717, 1.165) is 25.2 Å². The standard InChI is InChI=1S/C21H30O2S2/c1-15(2)25(22,23)14-18-7-4-17(5-8-18)6-9-19-12-16(3)21-20(13-19)10-11-24-21/h10-13,15,17-18H,4-9,14H2,1-3H3. The number of hydrogen-bond donors (Lipinski definition) is 0. The van der Waals surface area contributed by atoms with Gasteiger partial charge in [-0.25, -0.2) is 8.42 Å². The van der Waals surface area contributed by atoms with Gasteiger partial charge in [0.1, 0.15) is 0 Å². The van der Waals surface area contributed by atoms with Crippen molar-refractivity contribution in [2.24, 2.45) is 11.8 Å². The first-order valence-electron chi connectivity index (χ1n) is 9.53. The Morgan fingerprint density at radius 3 is 2.48 bits per heavy atom. The van der Waals surface area contributed by atoms with Crippen molar-refractivity contribution in [3.63, 3.8) is 0 Å². The molecule has 2 aromatic rings. The van der Waals surface area contributed by atoms with Crippen molar-refractivity contribution in [3.8, 4) is 0 Å². The molecule has 4 heteroatoms. The minimum absolute atomic E-state index is 0.236. The predicted molar refractivity (Wildman–Crippen MR) is 109 cm³/mol. The second kappa shape index (κ2) is 7.79. The van der Waals surface area contributed by atoms with Crippen LogP contribution in [-0.4, -0.2) is 19.4 Å². The van der Waals surface area contributed by atoms with E-state index in [4.69, 9.17) is 0 Å². The number of sulfone groups is 1. The lowest BCUT2D eigenvalue weighted by molar-refractivity contribution is 0.278. The van der Waals surface area contributed by atoms with E-state index in [2.05, 4.69) is 30.5 Å². The van der Waals surface area contributed by atoms with Gasteiger partial charge in [0.25, 0.3) is 0 Å². The Bertz CT molecular complexity index is 810. The third-order valence-corrected chi connectivity index (χ3v) is 9.23. The molecule has 1 aliphatic rings. The molecule has 0 N–H and O–H groups in total. The summed E-state index contributed by atoms with van der Waals surface area (Å²) in [5.74, 6) is 1.54. The summed E-state index contributed by atoms with van der Waals surface area (Å²) in [6.07, 6.45) is 6.93. The SMILES string of the molecule is Cc1cc(CCC2CCC(CS(=O)(=O)C(C)C)CC2)cc2ccsc12. The van der Waals surface area contributed by atoms with Crippen LogP contribution in [-0.2, 0) is 16.3 Å². The minimum Gasteiger partial charge on any atom is -0.229 e. The van der Waals surface area contributed by atoms with Gasteiger partial charge in [-0.05, 0) is 86.2 Å². The smallest absolute Gasteiger partial charge is 0.152 e. The number of aryl methyl sites for hydroxylation is 2. The largest absolute Gasteiger partial charge is 0.229 e. The van der Waals surface area contributed by atoms with E-state index < -0.39 is 9.84 Å². The van der Waals surface area contributed by atoms with Crippen LogP contribution in [0, 0.1) is 18.8 Å². The van der Waals surface area contributed by atoms with E-state index >= 15 is 0 Å². The van der Waals surface area contributed by atoms with Crippen molar-refractivity contribution in [3.05, 3.63) is 34.7 Å². The van der Waals surface area contributed by atoms with Gasteiger partial charge in [-0.1, -0.05) is 25.0 Å². The molecule has 0 saturated heterocycles. The van der Waals surface area contributed by atoms with Gasteiger partial charge in [0.15, 0.2) is 9.84 Å². The summed E-state index contributed by atoms with van der Waals surface area (Å²) >= 11 is 1.83. The van der Waals surface area contributed by atoms with E-state index in [9.17, 15) is 8.42 Å². The fourth-order valence-corrected chi connectivity index (χ4v) is 6.30. The van der Waals surface area contributed by atoms with Crippen LogP contribution in [0.1, 0.15) is 57.1 Å². The predicted octanol–water partition coefficient (Wildman–Crippen LogP) is 5.77. The van der Waals surface area contributed by atoms with Gasteiger partial charge in [-0.15, -0.1) is 11.3 Å². The molecule has 0 bridgehead atoms. The van der Waals surface area contributed by atoms with Crippen LogP contribution in [0.3, 0.4) is 0 Å². The Balaban J connectivity index is 1.50. The molecule has 1 aliphatic carbocycles. The number of fused-ring (bicyclic) bond motifs is 1. The molecule has 1 aromatic heterocycles. The fourth-order valence-electron chi connectivity index (χ4n) is 4.06. The van der Waals surface area contributed by atoms with Gasteiger partial charge >= 0.3 is 0 Å². The second-order valence-electron chi connectivity index (χ2n) is 8.06. The first kappa shape index (κ1) is 18.9. The van der Waals surface area contributed by atoms with Crippen molar-refractivity contribution in [2.75, 3.05) is 5.75 Å². The molecule has 1 fully saturated rings. The number of rotatable bonds is 6. The Kier molecular flexibility index (Phi) is 5.89. The fraction of sp³-hybridized carbons (Fsp3) is 0.619. The molecule has 138 valence electrons. The molecular formula is C21H30O2S2. The highest BCUT2D eigenvalue weighted by Gasteiger charge is 2.27. The first-order valence-corrected chi connectivity index (χ1v) is 12.1. The third-order valence-electron chi connectivity index (χ3n) is 5.79. The summed E-state index contributed by atoms with van der Waals surface area (Å²) < 4.78 is 25.6. The quantitative estimate of drug-likeness (QED) is 0.639. The van der Waals surface area contributed by atoms with Gasteiger partial charge in [0.05, 0.1) is 11.0 Å². The lowest BCUT2D eigenvalue weighted by Gasteiger charge is -2.29. The number of hydrogen-bond acceptors (Lipinski definition) is 3.